The van der Waals surface area contributed by atoms with E-state index in [0.29, 0.717) is 5.71 Å². The first-order chi connectivity index (χ1) is 9.09. The molecule has 0 aliphatic carbocycles. The van der Waals surface area contributed by atoms with E-state index in [4.69, 9.17) is 0 Å². The van der Waals surface area contributed by atoms with Gasteiger partial charge in [-0.2, -0.15) is 18.4 Å². The smallest absolute Gasteiger partial charge is 0.264 e. The van der Waals surface area contributed by atoms with E-state index in [1.807, 2.05) is 6.07 Å². The van der Waals surface area contributed by atoms with Crippen LogP contribution in [0.4, 0.5) is 0 Å². The van der Waals surface area contributed by atoms with Crippen LogP contribution in [0.5, 0.6) is 0 Å². The molecule has 2 rings (SSSR count). The Morgan fingerprint density at radius 1 is 1.16 bits per heavy atom. The predicted molar refractivity (Wildman–Crippen MR) is 73.2 cm³/mol. The molecule has 0 radical (unpaired) electrons. The molecular weight excluding hydrogens is 262 g/mol. The summed E-state index contributed by atoms with van der Waals surface area (Å²) in [6.07, 6.45) is 3.26. The van der Waals surface area contributed by atoms with Gasteiger partial charge in [-0.15, -0.1) is 0 Å². The second-order valence-electron chi connectivity index (χ2n) is 3.85. The highest BCUT2D eigenvalue weighted by Crippen LogP contribution is 2.07. The zero-order valence-corrected chi connectivity index (χ0v) is 11.1. The minimum Gasteiger partial charge on any atom is -0.264 e. The quantitative estimate of drug-likeness (QED) is 0.683. The lowest BCUT2D eigenvalue weighted by Gasteiger charge is -2.04. The van der Waals surface area contributed by atoms with Crippen molar-refractivity contribution in [3.05, 3.63) is 60.4 Å². The number of hydrazone groups is 1. The third kappa shape index (κ3) is 3.38. The Balaban J connectivity index is 2.19. The fraction of sp³-hybridized carbons (Fsp3) is 0.0769. The van der Waals surface area contributed by atoms with Gasteiger partial charge in [0.25, 0.3) is 10.0 Å². The van der Waals surface area contributed by atoms with Crippen LogP contribution in [0.2, 0.25) is 0 Å². The van der Waals surface area contributed by atoms with Gasteiger partial charge in [-0.05, 0) is 25.1 Å². The standard InChI is InChI=1S/C13H13N3O2S/c1-11(12-6-5-9-14-10-12)15-16-19(17,18)13-7-3-2-4-8-13/h2-10,16H,1H3. The number of hydrogen-bond donors (Lipinski definition) is 1. The zero-order chi connectivity index (χ0) is 13.7. The van der Waals surface area contributed by atoms with E-state index in [0.717, 1.165) is 5.56 Å². The minimum atomic E-state index is -3.62. The number of aromatic nitrogens is 1. The van der Waals surface area contributed by atoms with E-state index in [-0.39, 0.29) is 4.90 Å². The van der Waals surface area contributed by atoms with Gasteiger partial charge in [0.05, 0.1) is 10.6 Å². The summed E-state index contributed by atoms with van der Waals surface area (Å²) in [6.45, 7) is 1.71. The molecule has 0 aliphatic heterocycles. The first kappa shape index (κ1) is 13.2. The van der Waals surface area contributed by atoms with Gasteiger partial charge in [-0.25, -0.2) is 0 Å². The SMILES string of the molecule is CC(=NNS(=O)(=O)c1ccccc1)c1cccnc1. The number of rotatable bonds is 4. The molecule has 0 unspecified atom stereocenters. The number of hydrogen-bond acceptors (Lipinski definition) is 4. The van der Waals surface area contributed by atoms with Crippen molar-refractivity contribution >= 4 is 15.7 Å². The van der Waals surface area contributed by atoms with Crippen LogP contribution in [0.25, 0.3) is 0 Å². The van der Waals surface area contributed by atoms with Gasteiger partial charge in [0.1, 0.15) is 0 Å². The molecule has 1 aromatic carbocycles. The van der Waals surface area contributed by atoms with E-state index in [9.17, 15) is 8.42 Å². The lowest BCUT2D eigenvalue weighted by atomic mass is 10.2. The third-order valence-electron chi connectivity index (χ3n) is 2.47. The summed E-state index contributed by atoms with van der Waals surface area (Å²) >= 11 is 0. The minimum absolute atomic E-state index is 0.178. The highest BCUT2D eigenvalue weighted by molar-refractivity contribution is 7.89. The summed E-state index contributed by atoms with van der Waals surface area (Å²) in [5.74, 6) is 0. The van der Waals surface area contributed by atoms with E-state index in [1.165, 1.54) is 12.1 Å². The summed E-state index contributed by atoms with van der Waals surface area (Å²) in [5, 5.41) is 3.88. The molecule has 0 aliphatic rings. The van der Waals surface area contributed by atoms with Gasteiger partial charge in [-0.3, -0.25) is 4.98 Å². The van der Waals surface area contributed by atoms with Gasteiger partial charge in [0.2, 0.25) is 0 Å². The molecule has 19 heavy (non-hydrogen) atoms. The Morgan fingerprint density at radius 2 is 1.89 bits per heavy atom. The molecule has 0 saturated carbocycles. The molecule has 0 saturated heterocycles. The van der Waals surface area contributed by atoms with Crippen LogP contribution in [0.15, 0.2) is 64.9 Å². The number of benzene rings is 1. The maximum Gasteiger partial charge on any atom is 0.276 e. The third-order valence-corrected chi connectivity index (χ3v) is 3.69. The average Bonchev–Trinajstić information content (AvgIpc) is 2.47. The van der Waals surface area contributed by atoms with Crippen molar-refractivity contribution in [1.29, 1.82) is 0 Å². The van der Waals surface area contributed by atoms with Gasteiger partial charge < -0.3 is 0 Å². The molecule has 98 valence electrons. The van der Waals surface area contributed by atoms with Crippen molar-refractivity contribution in [2.45, 2.75) is 11.8 Å². The van der Waals surface area contributed by atoms with Crippen molar-refractivity contribution in [3.63, 3.8) is 0 Å². The Morgan fingerprint density at radius 3 is 2.53 bits per heavy atom. The topological polar surface area (TPSA) is 71.4 Å². The van der Waals surface area contributed by atoms with Crippen LogP contribution in [-0.2, 0) is 10.0 Å². The zero-order valence-electron chi connectivity index (χ0n) is 10.3. The fourth-order valence-electron chi connectivity index (χ4n) is 1.42. The maximum atomic E-state index is 11.9. The van der Waals surface area contributed by atoms with E-state index in [2.05, 4.69) is 14.9 Å². The molecule has 0 spiro atoms. The van der Waals surface area contributed by atoms with Crippen LogP contribution >= 0.6 is 0 Å². The summed E-state index contributed by atoms with van der Waals surface area (Å²) in [5.41, 5.74) is 1.31. The number of sulfonamides is 1. The first-order valence-electron chi connectivity index (χ1n) is 5.61. The van der Waals surface area contributed by atoms with Crippen molar-refractivity contribution in [2.24, 2.45) is 5.10 Å². The molecule has 2 aromatic rings. The van der Waals surface area contributed by atoms with Crippen LogP contribution in [0.3, 0.4) is 0 Å². The van der Waals surface area contributed by atoms with Gasteiger partial charge in [0.15, 0.2) is 0 Å². The van der Waals surface area contributed by atoms with E-state index < -0.39 is 10.0 Å². The van der Waals surface area contributed by atoms with Crippen LogP contribution < -0.4 is 4.83 Å². The second kappa shape index (κ2) is 5.62. The number of nitrogens with one attached hydrogen (secondary N) is 1. The molecule has 0 bridgehead atoms. The summed E-state index contributed by atoms with van der Waals surface area (Å²) < 4.78 is 23.9. The Labute approximate surface area is 112 Å². The lowest BCUT2D eigenvalue weighted by Crippen LogP contribution is -2.19. The summed E-state index contributed by atoms with van der Waals surface area (Å²) in [6, 6.07) is 11.7. The predicted octanol–water partition coefficient (Wildman–Crippen LogP) is 1.78. The monoisotopic (exact) mass is 275 g/mol. The van der Waals surface area contributed by atoms with Gasteiger partial charge in [0, 0.05) is 18.0 Å². The molecule has 1 heterocycles. The number of nitrogens with zero attached hydrogens (tertiary/aromatic N) is 2. The van der Waals surface area contributed by atoms with Crippen molar-refractivity contribution in [3.8, 4) is 0 Å². The molecule has 0 atom stereocenters. The molecule has 5 nitrogen and oxygen atoms in total. The molecule has 6 heteroatoms. The number of pyridine rings is 1. The van der Waals surface area contributed by atoms with Crippen molar-refractivity contribution in [1.82, 2.24) is 9.82 Å². The first-order valence-corrected chi connectivity index (χ1v) is 7.09. The largest absolute Gasteiger partial charge is 0.276 e. The second-order valence-corrected chi connectivity index (χ2v) is 5.51. The van der Waals surface area contributed by atoms with Crippen LogP contribution in [-0.4, -0.2) is 19.1 Å². The fourth-order valence-corrected chi connectivity index (χ4v) is 2.30. The normalized spacial score (nSPS) is 12.2. The van der Waals surface area contributed by atoms with Gasteiger partial charge >= 0.3 is 0 Å². The van der Waals surface area contributed by atoms with Gasteiger partial charge in [-0.1, -0.05) is 24.3 Å². The van der Waals surface area contributed by atoms with Crippen molar-refractivity contribution < 1.29 is 8.42 Å². The molecule has 1 aromatic heterocycles. The highest BCUT2D eigenvalue weighted by Gasteiger charge is 2.11. The molecule has 0 amide bonds. The van der Waals surface area contributed by atoms with Crippen LogP contribution in [0.1, 0.15) is 12.5 Å². The highest BCUT2D eigenvalue weighted by atomic mass is 32.2. The maximum absolute atomic E-state index is 11.9. The van der Waals surface area contributed by atoms with E-state index in [1.54, 1.807) is 43.6 Å². The lowest BCUT2D eigenvalue weighted by molar-refractivity contribution is 0.584. The molecular formula is C13H13N3O2S. The summed E-state index contributed by atoms with van der Waals surface area (Å²) in [4.78, 5) is 6.33. The van der Waals surface area contributed by atoms with Crippen molar-refractivity contribution in [2.75, 3.05) is 0 Å². The Bertz CT molecular complexity index is 668. The average molecular weight is 275 g/mol. The summed E-state index contributed by atoms with van der Waals surface area (Å²) in [7, 11) is -3.62. The molecule has 1 N–H and O–H groups in total. The Kier molecular flexibility index (Phi) is 3.91. The van der Waals surface area contributed by atoms with Crippen LogP contribution in [0, 0.1) is 0 Å². The van der Waals surface area contributed by atoms with E-state index >= 15 is 0 Å². The Hall–Kier alpha value is -2.21. The molecule has 0 fully saturated rings.